The summed E-state index contributed by atoms with van der Waals surface area (Å²) >= 11 is 1.62. The lowest BCUT2D eigenvalue weighted by Gasteiger charge is -2.25. The number of amides is 2. The van der Waals surface area contributed by atoms with Gasteiger partial charge in [0.15, 0.2) is 5.13 Å². The maximum atomic E-state index is 12.3. The van der Waals surface area contributed by atoms with Gasteiger partial charge in [-0.05, 0) is 36.8 Å². The van der Waals surface area contributed by atoms with E-state index in [0.717, 1.165) is 52.9 Å². The lowest BCUT2D eigenvalue weighted by Crippen LogP contribution is -2.36. The lowest BCUT2D eigenvalue weighted by molar-refractivity contribution is -0.116. The van der Waals surface area contributed by atoms with Gasteiger partial charge in [-0.3, -0.25) is 9.59 Å². The Morgan fingerprint density at radius 1 is 1.17 bits per heavy atom. The molecule has 0 radical (unpaired) electrons. The molecule has 0 spiro atoms. The Morgan fingerprint density at radius 3 is 2.77 bits per heavy atom. The standard InChI is InChI=1S/C22H24N4O3S/c1-15-4-2-3-5-17(15)21(28)23-9-8-20(27)24-16-6-7-18-19(14-16)30-22(25-18)26-10-12-29-13-11-26/h2-7,14H,8-13H2,1H3,(H,23,28)(H,24,27). The Labute approximate surface area is 179 Å². The maximum Gasteiger partial charge on any atom is 0.251 e. The molecule has 30 heavy (non-hydrogen) atoms. The summed E-state index contributed by atoms with van der Waals surface area (Å²) in [6, 6.07) is 13.1. The third-order valence-electron chi connectivity index (χ3n) is 4.97. The summed E-state index contributed by atoms with van der Waals surface area (Å²) in [7, 11) is 0. The number of hydrogen-bond acceptors (Lipinski definition) is 6. The molecule has 1 fully saturated rings. The van der Waals surface area contributed by atoms with Crippen LogP contribution in [0.3, 0.4) is 0 Å². The van der Waals surface area contributed by atoms with E-state index in [9.17, 15) is 9.59 Å². The SMILES string of the molecule is Cc1ccccc1C(=O)NCCC(=O)Nc1ccc2nc(N3CCOCC3)sc2c1. The molecule has 3 aromatic rings. The quantitative estimate of drug-likeness (QED) is 0.635. The van der Waals surface area contributed by atoms with E-state index in [1.807, 2.05) is 43.3 Å². The highest BCUT2D eigenvalue weighted by Crippen LogP contribution is 2.31. The predicted molar refractivity (Wildman–Crippen MR) is 119 cm³/mol. The van der Waals surface area contributed by atoms with Crippen LogP contribution in [0.5, 0.6) is 0 Å². The van der Waals surface area contributed by atoms with Gasteiger partial charge in [0.05, 0.1) is 23.4 Å². The second-order valence-electron chi connectivity index (χ2n) is 7.15. The number of aryl methyl sites for hydroxylation is 1. The summed E-state index contributed by atoms with van der Waals surface area (Å²) in [6.07, 6.45) is 0.206. The van der Waals surface area contributed by atoms with Crippen molar-refractivity contribution in [3.63, 3.8) is 0 Å². The van der Waals surface area contributed by atoms with Crippen molar-refractivity contribution < 1.29 is 14.3 Å². The van der Waals surface area contributed by atoms with Crippen LogP contribution in [0.2, 0.25) is 0 Å². The van der Waals surface area contributed by atoms with E-state index in [4.69, 9.17) is 9.72 Å². The zero-order valence-electron chi connectivity index (χ0n) is 16.8. The van der Waals surface area contributed by atoms with Gasteiger partial charge in [0, 0.05) is 37.3 Å². The fourth-order valence-corrected chi connectivity index (χ4v) is 4.37. The molecule has 2 heterocycles. The molecule has 156 valence electrons. The third-order valence-corrected chi connectivity index (χ3v) is 6.05. The van der Waals surface area contributed by atoms with Gasteiger partial charge in [-0.2, -0.15) is 0 Å². The van der Waals surface area contributed by atoms with Crippen LogP contribution >= 0.6 is 11.3 Å². The fraction of sp³-hybridized carbons (Fsp3) is 0.318. The second kappa shape index (κ2) is 9.23. The summed E-state index contributed by atoms with van der Waals surface area (Å²) in [5.74, 6) is -0.306. The van der Waals surface area contributed by atoms with Crippen molar-refractivity contribution in [2.75, 3.05) is 43.1 Å². The van der Waals surface area contributed by atoms with Crippen LogP contribution < -0.4 is 15.5 Å². The molecule has 1 aliphatic heterocycles. The first kappa shape index (κ1) is 20.3. The largest absolute Gasteiger partial charge is 0.378 e. The van der Waals surface area contributed by atoms with E-state index in [1.54, 1.807) is 17.4 Å². The van der Waals surface area contributed by atoms with Crippen molar-refractivity contribution in [1.29, 1.82) is 0 Å². The van der Waals surface area contributed by atoms with Gasteiger partial charge < -0.3 is 20.3 Å². The molecule has 1 aliphatic rings. The van der Waals surface area contributed by atoms with Crippen molar-refractivity contribution in [3.8, 4) is 0 Å². The van der Waals surface area contributed by atoms with E-state index in [-0.39, 0.29) is 24.8 Å². The molecule has 2 amide bonds. The van der Waals surface area contributed by atoms with Crippen molar-refractivity contribution in [2.24, 2.45) is 0 Å². The zero-order chi connectivity index (χ0) is 20.9. The molecule has 1 aromatic heterocycles. The first-order valence-electron chi connectivity index (χ1n) is 9.97. The Hall–Kier alpha value is -2.97. The van der Waals surface area contributed by atoms with E-state index in [1.165, 1.54) is 0 Å². The molecular weight excluding hydrogens is 400 g/mol. The Bertz CT molecular complexity index is 1060. The van der Waals surface area contributed by atoms with Gasteiger partial charge in [-0.1, -0.05) is 29.5 Å². The molecule has 8 heteroatoms. The van der Waals surface area contributed by atoms with Crippen molar-refractivity contribution in [3.05, 3.63) is 53.6 Å². The van der Waals surface area contributed by atoms with E-state index in [2.05, 4.69) is 15.5 Å². The van der Waals surface area contributed by atoms with Crippen LogP contribution in [0.25, 0.3) is 10.2 Å². The minimum Gasteiger partial charge on any atom is -0.378 e. The minimum atomic E-state index is -0.164. The van der Waals surface area contributed by atoms with Gasteiger partial charge in [0.2, 0.25) is 5.91 Å². The average Bonchev–Trinajstić information content (AvgIpc) is 3.18. The van der Waals surface area contributed by atoms with Crippen LogP contribution in [0, 0.1) is 6.92 Å². The van der Waals surface area contributed by atoms with Crippen molar-refractivity contribution in [2.45, 2.75) is 13.3 Å². The van der Waals surface area contributed by atoms with E-state index >= 15 is 0 Å². The molecule has 0 atom stereocenters. The molecular formula is C22H24N4O3S. The number of nitrogens with one attached hydrogen (secondary N) is 2. The van der Waals surface area contributed by atoms with Crippen molar-refractivity contribution in [1.82, 2.24) is 10.3 Å². The highest BCUT2D eigenvalue weighted by molar-refractivity contribution is 7.22. The van der Waals surface area contributed by atoms with E-state index in [0.29, 0.717) is 5.56 Å². The summed E-state index contributed by atoms with van der Waals surface area (Å²) < 4.78 is 6.43. The fourth-order valence-electron chi connectivity index (χ4n) is 3.32. The van der Waals surface area contributed by atoms with Crippen LogP contribution in [-0.4, -0.2) is 49.6 Å². The number of morpholine rings is 1. The number of benzene rings is 2. The summed E-state index contributed by atoms with van der Waals surface area (Å²) in [6.45, 7) is 5.30. The smallest absolute Gasteiger partial charge is 0.251 e. The normalized spacial score (nSPS) is 14.0. The molecule has 0 bridgehead atoms. The number of aromatic nitrogens is 1. The number of hydrogen-bond donors (Lipinski definition) is 2. The first-order chi connectivity index (χ1) is 14.6. The molecule has 0 unspecified atom stereocenters. The molecule has 2 N–H and O–H groups in total. The maximum absolute atomic E-state index is 12.3. The Balaban J connectivity index is 1.31. The molecule has 1 saturated heterocycles. The first-order valence-corrected chi connectivity index (χ1v) is 10.8. The monoisotopic (exact) mass is 424 g/mol. The highest BCUT2D eigenvalue weighted by atomic mass is 32.1. The van der Waals surface area contributed by atoms with Gasteiger partial charge in [0.25, 0.3) is 5.91 Å². The summed E-state index contributed by atoms with van der Waals surface area (Å²) in [4.78, 5) is 31.4. The molecule has 4 rings (SSSR count). The lowest BCUT2D eigenvalue weighted by atomic mass is 10.1. The molecule has 0 aliphatic carbocycles. The Morgan fingerprint density at radius 2 is 1.97 bits per heavy atom. The van der Waals surface area contributed by atoms with Crippen molar-refractivity contribution >= 4 is 44.2 Å². The number of nitrogens with zero attached hydrogens (tertiary/aromatic N) is 2. The number of carbonyl (C=O) groups excluding carboxylic acids is 2. The van der Waals surface area contributed by atoms with Gasteiger partial charge >= 0.3 is 0 Å². The molecule has 7 nitrogen and oxygen atoms in total. The number of ether oxygens (including phenoxy) is 1. The highest BCUT2D eigenvalue weighted by Gasteiger charge is 2.16. The predicted octanol–water partition coefficient (Wildman–Crippen LogP) is 3.20. The number of carbonyl (C=O) groups is 2. The number of rotatable bonds is 6. The van der Waals surface area contributed by atoms with Gasteiger partial charge in [0.1, 0.15) is 0 Å². The summed E-state index contributed by atoms with van der Waals surface area (Å²) in [5.41, 5.74) is 3.19. The minimum absolute atomic E-state index is 0.141. The topological polar surface area (TPSA) is 83.6 Å². The van der Waals surface area contributed by atoms with Crippen LogP contribution in [-0.2, 0) is 9.53 Å². The summed E-state index contributed by atoms with van der Waals surface area (Å²) in [5, 5.41) is 6.69. The number of thiazole rings is 1. The number of anilines is 2. The van der Waals surface area contributed by atoms with Crippen LogP contribution in [0.4, 0.5) is 10.8 Å². The van der Waals surface area contributed by atoms with Crippen LogP contribution in [0.15, 0.2) is 42.5 Å². The Kier molecular flexibility index (Phi) is 6.25. The van der Waals surface area contributed by atoms with Crippen LogP contribution in [0.1, 0.15) is 22.3 Å². The molecule has 0 saturated carbocycles. The van der Waals surface area contributed by atoms with E-state index < -0.39 is 0 Å². The van der Waals surface area contributed by atoms with Gasteiger partial charge in [-0.25, -0.2) is 4.98 Å². The van der Waals surface area contributed by atoms with Gasteiger partial charge in [-0.15, -0.1) is 0 Å². The zero-order valence-corrected chi connectivity index (χ0v) is 17.6. The third kappa shape index (κ3) is 4.77. The second-order valence-corrected chi connectivity index (χ2v) is 8.16. The number of fused-ring (bicyclic) bond motifs is 1. The molecule has 2 aromatic carbocycles. The average molecular weight is 425 g/mol.